The lowest BCUT2D eigenvalue weighted by Gasteiger charge is -2.19. The summed E-state index contributed by atoms with van der Waals surface area (Å²) >= 11 is 0. The maximum Gasteiger partial charge on any atom is 0.309 e. The summed E-state index contributed by atoms with van der Waals surface area (Å²) in [7, 11) is 1.83. The number of benzene rings is 1. The Bertz CT molecular complexity index is 1420. The molecule has 11 heteroatoms. The topological polar surface area (TPSA) is 124 Å². The molecule has 2 atom stereocenters. The summed E-state index contributed by atoms with van der Waals surface area (Å²) in [4.78, 5) is 21.8. The second kappa shape index (κ2) is 9.72. The third kappa shape index (κ3) is 5.50. The Morgan fingerprint density at radius 3 is 2.76 bits per heavy atom. The second-order valence-electron chi connectivity index (χ2n) is 10.3. The van der Waals surface area contributed by atoms with Crippen LogP contribution in [-0.4, -0.2) is 42.0 Å². The third-order valence-corrected chi connectivity index (χ3v) is 6.21. The SMILES string of the molecule is Cn1cc(Nc2nccc(-c3ccc4c(c3)CC(F)CCC4NC(=O)c3nnc(C(C)(C)C)o3)n2)cn1. The highest BCUT2D eigenvalue weighted by molar-refractivity contribution is 5.89. The average Bonchev–Trinajstić information content (AvgIpc) is 3.48. The maximum absolute atomic E-state index is 14.7. The predicted octanol–water partition coefficient (Wildman–Crippen LogP) is 4.45. The molecule has 5 rings (SSSR count). The van der Waals surface area contributed by atoms with E-state index < -0.39 is 12.1 Å². The number of fused-ring (bicyclic) bond motifs is 1. The molecule has 0 bridgehead atoms. The Labute approximate surface area is 213 Å². The van der Waals surface area contributed by atoms with Gasteiger partial charge in [0.25, 0.3) is 0 Å². The minimum absolute atomic E-state index is 0.0984. The summed E-state index contributed by atoms with van der Waals surface area (Å²) in [5, 5.41) is 18.1. The number of alkyl halides is 1. The van der Waals surface area contributed by atoms with E-state index in [2.05, 4.69) is 35.9 Å². The van der Waals surface area contributed by atoms with Crippen molar-refractivity contribution in [3.05, 3.63) is 65.8 Å². The molecule has 0 saturated carbocycles. The molecule has 3 heterocycles. The highest BCUT2D eigenvalue weighted by atomic mass is 19.1. The number of halogens is 1. The van der Waals surface area contributed by atoms with Gasteiger partial charge in [-0.15, -0.1) is 10.2 Å². The molecule has 0 spiro atoms. The molecule has 4 aromatic rings. The summed E-state index contributed by atoms with van der Waals surface area (Å²) in [5.74, 6) is 0.249. The van der Waals surface area contributed by atoms with E-state index in [1.54, 1.807) is 23.1 Å². The number of nitrogens with one attached hydrogen (secondary N) is 2. The number of carbonyl (C=O) groups is 1. The molecule has 2 N–H and O–H groups in total. The van der Waals surface area contributed by atoms with E-state index >= 15 is 0 Å². The molecule has 2 unspecified atom stereocenters. The largest absolute Gasteiger partial charge is 0.416 e. The van der Waals surface area contributed by atoms with Gasteiger partial charge in [0.15, 0.2) is 0 Å². The van der Waals surface area contributed by atoms with Crippen LogP contribution < -0.4 is 10.6 Å². The van der Waals surface area contributed by atoms with Gasteiger partial charge in [-0.05, 0) is 36.1 Å². The molecule has 192 valence electrons. The molecule has 0 aliphatic heterocycles. The van der Waals surface area contributed by atoms with Gasteiger partial charge >= 0.3 is 11.8 Å². The van der Waals surface area contributed by atoms with Crippen LogP contribution in [0.2, 0.25) is 0 Å². The van der Waals surface area contributed by atoms with E-state index in [1.165, 1.54) is 0 Å². The lowest BCUT2D eigenvalue weighted by molar-refractivity contribution is 0.0894. The number of nitrogens with zero attached hydrogens (tertiary/aromatic N) is 6. The van der Waals surface area contributed by atoms with Crippen molar-refractivity contribution in [3.63, 3.8) is 0 Å². The Balaban J connectivity index is 1.39. The first-order valence-corrected chi connectivity index (χ1v) is 12.2. The number of amides is 1. The monoisotopic (exact) mass is 504 g/mol. The Hall–Kier alpha value is -4.15. The summed E-state index contributed by atoms with van der Waals surface area (Å²) in [6, 6.07) is 7.22. The standard InChI is InChI=1S/C26H29FN8O2/c1-26(2,3)24-34-33-23(37-24)22(36)31-21-8-6-17(27)12-16-11-15(5-7-19(16)21)20-9-10-28-25(32-20)30-18-13-29-35(4)14-18/h5,7,9-11,13-14,17,21H,6,8,12H2,1-4H3,(H,31,36)(H,28,30,32). The van der Waals surface area contributed by atoms with Crippen molar-refractivity contribution in [1.82, 2.24) is 35.3 Å². The molecule has 1 aromatic carbocycles. The molecular formula is C26H29FN8O2. The van der Waals surface area contributed by atoms with Crippen molar-refractivity contribution in [2.75, 3.05) is 5.32 Å². The zero-order valence-corrected chi connectivity index (χ0v) is 21.2. The molecule has 3 aromatic heterocycles. The highest BCUT2D eigenvalue weighted by Gasteiger charge is 2.29. The first kappa shape index (κ1) is 24.5. The van der Waals surface area contributed by atoms with E-state index in [1.807, 2.05) is 52.2 Å². The molecule has 10 nitrogen and oxygen atoms in total. The van der Waals surface area contributed by atoms with E-state index in [0.717, 1.165) is 22.4 Å². The minimum Gasteiger partial charge on any atom is -0.416 e. The number of aromatic nitrogens is 6. The third-order valence-electron chi connectivity index (χ3n) is 6.21. The van der Waals surface area contributed by atoms with Gasteiger partial charge in [-0.25, -0.2) is 14.4 Å². The fourth-order valence-electron chi connectivity index (χ4n) is 4.31. The number of aryl methyl sites for hydroxylation is 1. The van der Waals surface area contributed by atoms with E-state index in [4.69, 9.17) is 4.42 Å². The lowest BCUT2D eigenvalue weighted by Crippen LogP contribution is -2.29. The second-order valence-corrected chi connectivity index (χ2v) is 10.3. The van der Waals surface area contributed by atoms with Gasteiger partial charge in [-0.3, -0.25) is 9.48 Å². The van der Waals surface area contributed by atoms with Gasteiger partial charge in [0, 0.05) is 36.8 Å². The van der Waals surface area contributed by atoms with Crippen LogP contribution in [0, 0.1) is 0 Å². The van der Waals surface area contributed by atoms with Crippen LogP contribution in [0.1, 0.15) is 67.4 Å². The molecular weight excluding hydrogens is 475 g/mol. The van der Waals surface area contributed by atoms with Gasteiger partial charge in [0.05, 0.1) is 23.6 Å². The van der Waals surface area contributed by atoms with Crippen LogP contribution in [0.5, 0.6) is 0 Å². The fourth-order valence-corrected chi connectivity index (χ4v) is 4.31. The number of hydrogen-bond donors (Lipinski definition) is 2. The van der Waals surface area contributed by atoms with Crippen molar-refractivity contribution in [2.45, 2.75) is 57.7 Å². The molecule has 0 radical (unpaired) electrons. The molecule has 0 fully saturated rings. The Morgan fingerprint density at radius 1 is 1.19 bits per heavy atom. The fraction of sp³-hybridized carbons (Fsp3) is 0.385. The smallest absolute Gasteiger partial charge is 0.309 e. The maximum atomic E-state index is 14.7. The van der Waals surface area contributed by atoms with E-state index in [9.17, 15) is 9.18 Å². The summed E-state index contributed by atoms with van der Waals surface area (Å²) in [6.45, 7) is 5.79. The zero-order chi connectivity index (χ0) is 26.2. The van der Waals surface area contributed by atoms with Crippen molar-refractivity contribution < 1.29 is 13.6 Å². The number of rotatable bonds is 5. The Kier molecular flexibility index (Phi) is 6.45. The molecule has 1 aliphatic carbocycles. The molecule has 37 heavy (non-hydrogen) atoms. The summed E-state index contributed by atoms with van der Waals surface area (Å²) < 4.78 is 22.0. The van der Waals surface area contributed by atoms with E-state index in [-0.39, 0.29) is 23.8 Å². The molecule has 0 saturated heterocycles. The summed E-state index contributed by atoms with van der Waals surface area (Å²) in [5.41, 5.74) is 3.64. The number of carbonyl (C=O) groups excluding carboxylic acids is 1. The van der Waals surface area contributed by atoms with Crippen LogP contribution in [0.15, 0.2) is 47.3 Å². The quantitative estimate of drug-likeness (QED) is 0.382. The predicted molar refractivity (Wildman–Crippen MR) is 135 cm³/mol. The normalized spacial score (nSPS) is 17.6. The van der Waals surface area contributed by atoms with Gasteiger partial charge in [-0.1, -0.05) is 32.9 Å². The molecule has 1 aliphatic rings. The highest BCUT2D eigenvalue weighted by Crippen LogP contribution is 2.33. The van der Waals surface area contributed by atoms with Crippen LogP contribution in [0.4, 0.5) is 16.0 Å². The van der Waals surface area contributed by atoms with Gasteiger partial charge < -0.3 is 15.1 Å². The van der Waals surface area contributed by atoms with Crippen molar-refractivity contribution in [1.29, 1.82) is 0 Å². The van der Waals surface area contributed by atoms with Crippen LogP contribution in [-0.2, 0) is 18.9 Å². The van der Waals surface area contributed by atoms with Crippen LogP contribution in [0.25, 0.3) is 11.3 Å². The van der Waals surface area contributed by atoms with Crippen molar-refractivity contribution >= 4 is 17.5 Å². The van der Waals surface area contributed by atoms with Gasteiger partial charge in [0.2, 0.25) is 11.8 Å². The minimum atomic E-state index is -1.01. The van der Waals surface area contributed by atoms with Crippen LogP contribution >= 0.6 is 0 Å². The molecule has 1 amide bonds. The summed E-state index contributed by atoms with van der Waals surface area (Å²) in [6.07, 6.45) is 5.23. The first-order valence-electron chi connectivity index (χ1n) is 12.2. The first-order chi connectivity index (χ1) is 17.7. The average molecular weight is 505 g/mol. The van der Waals surface area contributed by atoms with Crippen molar-refractivity contribution in [2.24, 2.45) is 7.05 Å². The lowest BCUT2D eigenvalue weighted by atomic mass is 9.95. The van der Waals surface area contributed by atoms with Crippen LogP contribution in [0.3, 0.4) is 0 Å². The zero-order valence-electron chi connectivity index (χ0n) is 21.2. The number of anilines is 2. The van der Waals surface area contributed by atoms with E-state index in [0.29, 0.717) is 30.4 Å². The number of hydrogen-bond acceptors (Lipinski definition) is 8. The van der Waals surface area contributed by atoms with Crippen molar-refractivity contribution in [3.8, 4) is 11.3 Å². The van der Waals surface area contributed by atoms with Gasteiger partial charge in [0.1, 0.15) is 6.17 Å². The Morgan fingerprint density at radius 2 is 2.03 bits per heavy atom. The van der Waals surface area contributed by atoms with Gasteiger partial charge in [-0.2, -0.15) is 5.10 Å².